The Bertz CT molecular complexity index is 640. The molecule has 3 rings (SSSR count). The first-order chi connectivity index (χ1) is 9.66. The lowest BCUT2D eigenvalue weighted by molar-refractivity contribution is 0.0461. The Labute approximate surface area is 119 Å². The molecule has 2 aromatic rings. The first-order valence-electron chi connectivity index (χ1n) is 7.46. The maximum absolute atomic E-state index is 12.2. The highest BCUT2D eigenvalue weighted by atomic mass is 16.5. The highest BCUT2D eigenvalue weighted by Gasteiger charge is 2.19. The second-order valence-corrected chi connectivity index (χ2v) is 6.01. The minimum Gasteiger partial charge on any atom is -0.462 e. The van der Waals surface area contributed by atoms with Crippen molar-refractivity contribution in [2.75, 3.05) is 6.61 Å². The van der Waals surface area contributed by atoms with Crippen LogP contribution in [0.2, 0.25) is 0 Å². The van der Waals surface area contributed by atoms with Crippen molar-refractivity contribution in [3.05, 3.63) is 35.0 Å². The van der Waals surface area contributed by atoms with Crippen LogP contribution in [0.1, 0.15) is 48.3 Å². The monoisotopic (exact) mass is 271 g/mol. The van der Waals surface area contributed by atoms with Gasteiger partial charge in [-0.2, -0.15) is 0 Å². The Balaban J connectivity index is 1.99. The molecule has 0 fully saturated rings. The largest absolute Gasteiger partial charge is 0.462 e. The standard InChI is InChI=1S/C17H21NO2/c1-11(2)10-20-17(19)14-8-5-7-13-12-6-3-4-9-15(12)18-16(13)14/h5,7-8,11,18H,3-4,6,9-10H2,1-2H3. The predicted molar refractivity (Wildman–Crippen MR) is 80.1 cm³/mol. The fraction of sp³-hybridized carbons (Fsp3) is 0.471. The van der Waals surface area contributed by atoms with Crippen molar-refractivity contribution >= 4 is 16.9 Å². The number of ether oxygens (including phenoxy) is 1. The van der Waals surface area contributed by atoms with Gasteiger partial charge in [-0.05, 0) is 43.2 Å². The number of hydrogen-bond acceptors (Lipinski definition) is 2. The molecule has 0 saturated carbocycles. The Morgan fingerprint density at radius 1 is 1.30 bits per heavy atom. The molecular weight excluding hydrogens is 250 g/mol. The van der Waals surface area contributed by atoms with Crippen LogP contribution in [0.3, 0.4) is 0 Å². The van der Waals surface area contributed by atoms with E-state index in [0.29, 0.717) is 18.1 Å². The third-order valence-electron chi connectivity index (χ3n) is 3.90. The second-order valence-electron chi connectivity index (χ2n) is 6.01. The summed E-state index contributed by atoms with van der Waals surface area (Å²) in [7, 11) is 0. The van der Waals surface area contributed by atoms with Crippen LogP contribution in [0, 0.1) is 5.92 Å². The molecule has 0 aliphatic heterocycles. The zero-order valence-electron chi connectivity index (χ0n) is 12.2. The topological polar surface area (TPSA) is 42.1 Å². The number of carbonyl (C=O) groups excluding carboxylic acids is 1. The number of nitrogens with one attached hydrogen (secondary N) is 1. The van der Waals surface area contributed by atoms with Gasteiger partial charge >= 0.3 is 5.97 Å². The summed E-state index contributed by atoms with van der Waals surface area (Å²) in [6.07, 6.45) is 4.67. The van der Waals surface area contributed by atoms with E-state index in [1.54, 1.807) is 0 Å². The van der Waals surface area contributed by atoms with E-state index >= 15 is 0 Å². The Morgan fingerprint density at radius 3 is 2.90 bits per heavy atom. The molecule has 1 heterocycles. The number of H-pyrrole nitrogens is 1. The number of fused-ring (bicyclic) bond motifs is 3. The van der Waals surface area contributed by atoms with Gasteiger partial charge in [0.05, 0.1) is 17.7 Å². The van der Waals surface area contributed by atoms with Gasteiger partial charge in [0.1, 0.15) is 0 Å². The first kappa shape index (κ1) is 13.2. The maximum Gasteiger partial charge on any atom is 0.340 e. The van der Waals surface area contributed by atoms with Crippen molar-refractivity contribution in [1.29, 1.82) is 0 Å². The second kappa shape index (κ2) is 5.31. The Morgan fingerprint density at radius 2 is 2.10 bits per heavy atom. The van der Waals surface area contributed by atoms with E-state index in [0.717, 1.165) is 18.4 Å². The lowest BCUT2D eigenvalue weighted by Crippen LogP contribution is -2.10. The minimum atomic E-state index is -0.220. The molecule has 0 saturated heterocycles. The SMILES string of the molecule is CC(C)COC(=O)c1cccc2c3c([nH]c12)CCCC3. The molecular formula is C17H21NO2. The molecule has 0 unspecified atom stereocenters. The summed E-state index contributed by atoms with van der Waals surface area (Å²) >= 11 is 0. The number of carbonyl (C=O) groups is 1. The number of rotatable bonds is 3. The molecule has 1 aliphatic carbocycles. The van der Waals surface area contributed by atoms with E-state index < -0.39 is 0 Å². The van der Waals surface area contributed by atoms with Gasteiger partial charge in [0.25, 0.3) is 0 Å². The summed E-state index contributed by atoms with van der Waals surface area (Å²) in [5.41, 5.74) is 4.31. The summed E-state index contributed by atoms with van der Waals surface area (Å²) in [6.45, 7) is 4.55. The summed E-state index contributed by atoms with van der Waals surface area (Å²) in [4.78, 5) is 15.7. The van der Waals surface area contributed by atoms with Crippen LogP contribution >= 0.6 is 0 Å². The van der Waals surface area contributed by atoms with Gasteiger partial charge < -0.3 is 9.72 Å². The van der Waals surface area contributed by atoms with Crippen molar-refractivity contribution in [3.63, 3.8) is 0 Å². The van der Waals surface area contributed by atoms with Crippen LogP contribution in [0.25, 0.3) is 10.9 Å². The minimum absolute atomic E-state index is 0.220. The van der Waals surface area contributed by atoms with Gasteiger partial charge in [0.15, 0.2) is 0 Å². The van der Waals surface area contributed by atoms with E-state index in [9.17, 15) is 4.79 Å². The first-order valence-corrected chi connectivity index (χ1v) is 7.46. The van der Waals surface area contributed by atoms with Crippen LogP contribution in [0.5, 0.6) is 0 Å². The molecule has 20 heavy (non-hydrogen) atoms. The molecule has 1 aliphatic rings. The smallest absolute Gasteiger partial charge is 0.340 e. The summed E-state index contributed by atoms with van der Waals surface area (Å²) in [6, 6.07) is 5.92. The van der Waals surface area contributed by atoms with E-state index in [1.165, 1.54) is 29.5 Å². The van der Waals surface area contributed by atoms with Crippen molar-refractivity contribution in [1.82, 2.24) is 4.98 Å². The lowest BCUT2D eigenvalue weighted by atomic mass is 9.95. The number of esters is 1. The zero-order chi connectivity index (χ0) is 14.1. The molecule has 1 aromatic carbocycles. The Kier molecular flexibility index (Phi) is 3.51. The van der Waals surface area contributed by atoms with E-state index in [-0.39, 0.29) is 5.97 Å². The van der Waals surface area contributed by atoms with Crippen LogP contribution in [0.15, 0.2) is 18.2 Å². The molecule has 3 nitrogen and oxygen atoms in total. The number of hydrogen-bond donors (Lipinski definition) is 1. The van der Waals surface area contributed by atoms with Gasteiger partial charge in [-0.25, -0.2) is 4.79 Å². The van der Waals surface area contributed by atoms with Crippen LogP contribution < -0.4 is 0 Å². The number of aromatic amines is 1. The van der Waals surface area contributed by atoms with Gasteiger partial charge in [-0.15, -0.1) is 0 Å². The lowest BCUT2D eigenvalue weighted by Gasteiger charge is -2.10. The molecule has 3 heteroatoms. The van der Waals surface area contributed by atoms with Gasteiger partial charge in [-0.3, -0.25) is 0 Å². The third kappa shape index (κ3) is 2.33. The molecule has 0 bridgehead atoms. The highest BCUT2D eigenvalue weighted by Crippen LogP contribution is 2.31. The summed E-state index contributed by atoms with van der Waals surface area (Å²) in [5, 5.41) is 1.19. The summed E-state index contributed by atoms with van der Waals surface area (Å²) in [5.74, 6) is 0.137. The number of benzene rings is 1. The third-order valence-corrected chi connectivity index (χ3v) is 3.90. The fourth-order valence-electron chi connectivity index (χ4n) is 2.92. The van der Waals surface area contributed by atoms with E-state index in [1.807, 2.05) is 26.0 Å². The Hall–Kier alpha value is -1.77. The fourth-order valence-corrected chi connectivity index (χ4v) is 2.92. The van der Waals surface area contributed by atoms with Crippen LogP contribution in [-0.2, 0) is 17.6 Å². The zero-order valence-corrected chi connectivity index (χ0v) is 12.2. The molecule has 1 aromatic heterocycles. The molecule has 0 spiro atoms. The maximum atomic E-state index is 12.2. The molecule has 0 amide bonds. The normalized spacial score (nSPS) is 14.6. The number of aromatic nitrogens is 1. The average molecular weight is 271 g/mol. The van der Waals surface area contributed by atoms with E-state index in [4.69, 9.17) is 4.74 Å². The van der Waals surface area contributed by atoms with E-state index in [2.05, 4.69) is 11.1 Å². The van der Waals surface area contributed by atoms with Crippen molar-refractivity contribution in [2.45, 2.75) is 39.5 Å². The van der Waals surface area contributed by atoms with Gasteiger partial charge in [0.2, 0.25) is 0 Å². The number of para-hydroxylation sites is 1. The van der Waals surface area contributed by atoms with Crippen molar-refractivity contribution in [2.24, 2.45) is 5.92 Å². The van der Waals surface area contributed by atoms with Crippen molar-refractivity contribution in [3.8, 4) is 0 Å². The predicted octanol–water partition coefficient (Wildman–Crippen LogP) is 3.86. The molecule has 1 N–H and O–H groups in total. The molecule has 106 valence electrons. The van der Waals surface area contributed by atoms with Crippen LogP contribution in [-0.4, -0.2) is 17.6 Å². The highest BCUT2D eigenvalue weighted by molar-refractivity contribution is 6.04. The van der Waals surface area contributed by atoms with Crippen LogP contribution in [0.4, 0.5) is 0 Å². The van der Waals surface area contributed by atoms with Gasteiger partial charge in [0, 0.05) is 11.1 Å². The quantitative estimate of drug-likeness (QED) is 0.861. The average Bonchev–Trinajstić information content (AvgIpc) is 2.83. The summed E-state index contributed by atoms with van der Waals surface area (Å²) < 4.78 is 5.37. The molecule has 0 atom stereocenters. The van der Waals surface area contributed by atoms with Gasteiger partial charge in [-0.1, -0.05) is 26.0 Å². The molecule has 0 radical (unpaired) electrons. The number of aryl methyl sites for hydroxylation is 2. The van der Waals surface area contributed by atoms with Crippen molar-refractivity contribution < 1.29 is 9.53 Å².